The smallest absolute Gasteiger partial charge is 0.308 e. The van der Waals surface area contributed by atoms with Crippen molar-refractivity contribution in [2.45, 2.75) is 57.0 Å². The van der Waals surface area contributed by atoms with Crippen molar-refractivity contribution in [3.05, 3.63) is 0 Å². The average molecular weight is 254 g/mol. The molecule has 0 spiro atoms. The Hall–Kier alpha value is -1.10. The van der Waals surface area contributed by atoms with E-state index in [-0.39, 0.29) is 11.9 Å². The number of carboxylic acid groups (broad SMARTS) is 1. The molecule has 1 amide bonds. The van der Waals surface area contributed by atoms with E-state index in [4.69, 9.17) is 5.11 Å². The van der Waals surface area contributed by atoms with Crippen LogP contribution in [0.3, 0.4) is 0 Å². The van der Waals surface area contributed by atoms with Gasteiger partial charge in [0.05, 0.1) is 12.5 Å². The van der Waals surface area contributed by atoms with Crippen LogP contribution in [0.5, 0.6) is 0 Å². The summed E-state index contributed by atoms with van der Waals surface area (Å²) in [5.41, 5.74) is 0. The summed E-state index contributed by atoms with van der Waals surface area (Å²) >= 11 is 0. The van der Waals surface area contributed by atoms with Gasteiger partial charge in [0.25, 0.3) is 0 Å². The molecule has 2 rings (SSSR count). The monoisotopic (exact) mass is 254 g/mol. The first-order valence-corrected chi connectivity index (χ1v) is 6.92. The molecule has 0 aromatic heterocycles. The van der Waals surface area contributed by atoms with Crippen LogP contribution >= 0.6 is 0 Å². The van der Waals surface area contributed by atoms with Crippen molar-refractivity contribution in [1.82, 2.24) is 10.6 Å². The van der Waals surface area contributed by atoms with Gasteiger partial charge in [-0.05, 0) is 25.7 Å². The number of hydrogen-bond donors (Lipinski definition) is 3. The minimum absolute atomic E-state index is 0.0694. The molecule has 5 nitrogen and oxygen atoms in total. The average Bonchev–Trinajstić information content (AvgIpc) is 2.96. The summed E-state index contributed by atoms with van der Waals surface area (Å²) in [4.78, 5) is 22.8. The van der Waals surface area contributed by atoms with Crippen LogP contribution in [-0.4, -0.2) is 35.6 Å². The molecule has 0 heterocycles. The van der Waals surface area contributed by atoms with Gasteiger partial charge in [0.1, 0.15) is 0 Å². The summed E-state index contributed by atoms with van der Waals surface area (Å²) in [7, 11) is 0. The van der Waals surface area contributed by atoms with Gasteiger partial charge in [-0.2, -0.15) is 0 Å². The van der Waals surface area contributed by atoms with Crippen molar-refractivity contribution in [1.29, 1.82) is 0 Å². The zero-order valence-electron chi connectivity index (χ0n) is 10.7. The van der Waals surface area contributed by atoms with Gasteiger partial charge in [-0.1, -0.05) is 19.3 Å². The van der Waals surface area contributed by atoms with Crippen molar-refractivity contribution < 1.29 is 14.7 Å². The molecule has 2 atom stereocenters. The Bertz CT molecular complexity index is 313. The van der Waals surface area contributed by atoms with Gasteiger partial charge in [-0.25, -0.2) is 0 Å². The third-order valence-electron chi connectivity index (χ3n) is 4.09. The fourth-order valence-electron chi connectivity index (χ4n) is 3.05. The fraction of sp³-hybridized carbons (Fsp3) is 0.846. The molecule has 0 saturated heterocycles. The first-order valence-electron chi connectivity index (χ1n) is 6.92. The molecule has 3 N–H and O–H groups in total. The summed E-state index contributed by atoms with van der Waals surface area (Å²) in [5.74, 6) is -1.26. The number of amides is 1. The molecular weight excluding hydrogens is 232 g/mol. The molecule has 2 saturated carbocycles. The number of carbonyl (C=O) groups is 2. The number of hydrogen-bond acceptors (Lipinski definition) is 3. The van der Waals surface area contributed by atoms with Crippen LogP contribution in [0.1, 0.15) is 44.9 Å². The van der Waals surface area contributed by atoms with E-state index in [0.717, 1.165) is 25.7 Å². The van der Waals surface area contributed by atoms with Crippen LogP contribution in [-0.2, 0) is 9.59 Å². The molecule has 0 aromatic carbocycles. The zero-order valence-corrected chi connectivity index (χ0v) is 10.7. The van der Waals surface area contributed by atoms with Crippen LogP contribution in [0.2, 0.25) is 0 Å². The molecule has 0 aliphatic heterocycles. The Morgan fingerprint density at radius 3 is 2.44 bits per heavy atom. The van der Waals surface area contributed by atoms with E-state index in [0.29, 0.717) is 19.0 Å². The zero-order chi connectivity index (χ0) is 13.0. The van der Waals surface area contributed by atoms with Gasteiger partial charge in [-0.3, -0.25) is 9.59 Å². The summed E-state index contributed by atoms with van der Waals surface area (Å²) in [5, 5.41) is 15.1. The molecule has 2 fully saturated rings. The van der Waals surface area contributed by atoms with E-state index in [9.17, 15) is 9.59 Å². The van der Waals surface area contributed by atoms with Crippen LogP contribution in [0.15, 0.2) is 0 Å². The summed E-state index contributed by atoms with van der Waals surface area (Å²) < 4.78 is 0. The summed E-state index contributed by atoms with van der Waals surface area (Å²) in [6.45, 7) is 0.313. The van der Waals surface area contributed by atoms with Crippen LogP contribution < -0.4 is 10.6 Å². The lowest BCUT2D eigenvalue weighted by Gasteiger charge is -2.18. The molecule has 0 aromatic rings. The lowest BCUT2D eigenvalue weighted by atomic mass is 10.0. The van der Waals surface area contributed by atoms with Gasteiger partial charge in [0.2, 0.25) is 5.91 Å². The lowest BCUT2D eigenvalue weighted by molar-refractivity contribution is -0.142. The fourth-order valence-corrected chi connectivity index (χ4v) is 3.05. The van der Waals surface area contributed by atoms with Gasteiger partial charge in [0.15, 0.2) is 0 Å². The number of nitrogens with one attached hydrogen (secondary N) is 2. The Morgan fingerprint density at radius 2 is 1.78 bits per heavy atom. The normalized spacial score (nSPS) is 28.4. The van der Waals surface area contributed by atoms with Gasteiger partial charge >= 0.3 is 5.97 Å². The molecule has 0 bridgehead atoms. The summed E-state index contributed by atoms with van der Waals surface area (Å²) in [6.07, 6.45) is 7.12. The molecule has 2 unspecified atom stereocenters. The molecule has 5 heteroatoms. The first-order chi connectivity index (χ1) is 8.66. The number of carbonyl (C=O) groups excluding carboxylic acids is 1. The molecule has 2 aliphatic rings. The maximum Gasteiger partial charge on any atom is 0.308 e. The Morgan fingerprint density at radius 1 is 1.06 bits per heavy atom. The highest BCUT2D eigenvalue weighted by atomic mass is 16.4. The first kappa shape index (κ1) is 13.3. The van der Waals surface area contributed by atoms with Crippen molar-refractivity contribution >= 4 is 11.9 Å². The summed E-state index contributed by atoms with van der Waals surface area (Å²) in [6, 6.07) is 0.287. The maximum absolute atomic E-state index is 11.8. The molecule has 2 aliphatic carbocycles. The molecule has 18 heavy (non-hydrogen) atoms. The van der Waals surface area contributed by atoms with Crippen molar-refractivity contribution in [3.63, 3.8) is 0 Å². The van der Waals surface area contributed by atoms with E-state index in [1.165, 1.54) is 12.8 Å². The topological polar surface area (TPSA) is 78.4 Å². The second-order valence-corrected chi connectivity index (χ2v) is 5.41. The number of rotatable bonds is 5. The minimum Gasteiger partial charge on any atom is -0.481 e. The minimum atomic E-state index is -0.790. The largest absolute Gasteiger partial charge is 0.481 e. The number of carboxylic acids is 1. The van der Waals surface area contributed by atoms with Crippen LogP contribution in [0.25, 0.3) is 0 Å². The Balaban J connectivity index is 1.71. The highest BCUT2D eigenvalue weighted by Gasteiger charge is 2.33. The number of aliphatic carboxylic acids is 1. The van der Waals surface area contributed by atoms with E-state index >= 15 is 0 Å². The van der Waals surface area contributed by atoms with E-state index in [1.807, 2.05) is 0 Å². The second-order valence-electron chi connectivity index (χ2n) is 5.41. The van der Waals surface area contributed by atoms with E-state index in [2.05, 4.69) is 10.6 Å². The third-order valence-corrected chi connectivity index (χ3v) is 4.09. The predicted octanol–water partition coefficient (Wildman–Crippen LogP) is 0.888. The van der Waals surface area contributed by atoms with E-state index < -0.39 is 11.9 Å². The van der Waals surface area contributed by atoms with Crippen LogP contribution in [0, 0.1) is 5.92 Å². The molecular formula is C13H22N2O3. The Kier molecular flexibility index (Phi) is 4.58. The molecule has 102 valence electrons. The van der Waals surface area contributed by atoms with Gasteiger partial charge in [-0.15, -0.1) is 0 Å². The van der Waals surface area contributed by atoms with Gasteiger partial charge in [0, 0.05) is 12.1 Å². The van der Waals surface area contributed by atoms with Crippen molar-refractivity contribution in [2.75, 3.05) is 6.54 Å². The quantitative estimate of drug-likeness (QED) is 0.681. The SMILES string of the molecule is O=C(CNC1CCCC1)NC1CCCC1C(=O)O. The van der Waals surface area contributed by atoms with Crippen molar-refractivity contribution in [3.8, 4) is 0 Å². The second kappa shape index (κ2) is 6.18. The highest BCUT2D eigenvalue weighted by molar-refractivity contribution is 5.80. The van der Waals surface area contributed by atoms with Crippen LogP contribution in [0.4, 0.5) is 0 Å². The highest BCUT2D eigenvalue weighted by Crippen LogP contribution is 2.25. The predicted molar refractivity (Wildman–Crippen MR) is 67.2 cm³/mol. The third kappa shape index (κ3) is 3.45. The molecule has 0 radical (unpaired) electrons. The Labute approximate surface area is 107 Å². The van der Waals surface area contributed by atoms with Gasteiger partial charge < -0.3 is 15.7 Å². The standard InChI is InChI=1S/C13H22N2O3/c16-12(8-14-9-4-1-2-5-9)15-11-7-3-6-10(11)13(17)18/h9-11,14H,1-8H2,(H,15,16)(H,17,18). The van der Waals surface area contributed by atoms with E-state index in [1.54, 1.807) is 0 Å². The van der Waals surface area contributed by atoms with Crippen molar-refractivity contribution in [2.24, 2.45) is 5.92 Å². The maximum atomic E-state index is 11.8. The lowest BCUT2D eigenvalue weighted by Crippen LogP contribution is -2.45.